The SMILES string of the molecule is NC(=S)c1cccc(CNS(=O)(=O)C2CCCCC2)c1. The van der Waals surface area contributed by atoms with Gasteiger partial charge >= 0.3 is 0 Å². The molecule has 1 aliphatic rings. The summed E-state index contributed by atoms with van der Waals surface area (Å²) < 4.78 is 27.1. The van der Waals surface area contributed by atoms with Gasteiger partial charge in [-0.2, -0.15) is 0 Å². The van der Waals surface area contributed by atoms with Crippen LogP contribution in [0.2, 0.25) is 0 Å². The summed E-state index contributed by atoms with van der Waals surface area (Å²) >= 11 is 4.92. The first-order chi connectivity index (χ1) is 9.49. The standard InChI is InChI=1S/C14H20N2O2S2/c15-14(19)12-6-4-5-11(9-12)10-16-20(17,18)13-7-2-1-3-8-13/h4-6,9,13,16H,1-3,7-8,10H2,(H2,15,19). The molecule has 4 nitrogen and oxygen atoms in total. The summed E-state index contributed by atoms with van der Waals surface area (Å²) in [4.78, 5) is 0.321. The van der Waals surface area contributed by atoms with E-state index in [1.165, 1.54) is 0 Å². The molecule has 0 aliphatic heterocycles. The number of hydrogen-bond acceptors (Lipinski definition) is 3. The van der Waals surface area contributed by atoms with Gasteiger partial charge in [0.15, 0.2) is 0 Å². The molecular formula is C14H20N2O2S2. The molecule has 0 aromatic heterocycles. The van der Waals surface area contributed by atoms with E-state index in [2.05, 4.69) is 4.72 Å². The Hall–Kier alpha value is -0.980. The predicted octanol–water partition coefficient (Wildman–Crippen LogP) is 2.07. The lowest BCUT2D eigenvalue weighted by atomic mass is 10.0. The number of rotatable bonds is 5. The second-order valence-electron chi connectivity index (χ2n) is 5.19. The van der Waals surface area contributed by atoms with Crippen molar-refractivity contribution in [3.63, 3.8) is 0 Å². The number of hydrogen-bond donors (Lipinski definition) is 2. The normalized spacial score (nSPS) is 17.0. The van der Waals surface area contributed by atoms with Gasteiger partial charge in [0.05, 0.1) is 5.25 Å². The third-order valence-electron chi connectivity index (χ3n) is 3.68. The molecule has 1 fully saturated rings. The Bertz CT molecular complexity index is 579. The smallest absolute Gasteiger partial charge is 0.214 e. The van der Waals surface area contributed by atoms with Gasteiger partial charge in [-0.3, -0.25) is 0 Å². The number of sulfonamides is 1. The largest absolute Gasteiger partial charge is 0.389 e. The Kier molecular flexibility index (Phi) is 5.12. The molecule has 1 aliphatic carbocycles. The van der Waals surface area contributed by atoms with Crippen LogP contribution in [0.15, 0.2) is 24.3 Å². The van der Waals surface area contributed by atoms with Crippen molar-refractivity contribution in [2.45, 2.75) is 43.9 Å². The molecule has 2 rings (SSSR count). The van der Waals surface area contributed by atoms with Crippen molar-refractivity contribution in [2.24, 2.45) is 5.73 Å². The number of benzene rings is 1. The van der Waals surface area contributed by atoms with Crippen molar-refractivity contribution in [1.82, 2.24) is 4.72 Å². The maximum Gasteiger partial charge on any atom is 0.214 e. The van der Waals surface area contributed by atoms with Gasteiger partial charge in [0, 0.05) is 12.1 Å². The summed E-state index contributed by atoms with van der Waals surface area (Å²) in [5.74, 6) is 0. The number of nitrogens with two attached hydrogens (primary N) is 1. The highest BCUT2D eigenvalue weighted by atomic mass is 32.2. The Labute approximate surface area is 125 Å². The summed E-state index contributed by atoms with van der Waals surface area (Å²) in [5.41, 5.74) is 7.20. The van der Waals surface area contributed by atoms with Gasteiger partial charge in [0.1, 0.15) is 4.99 Å². The molecule has 0 atom stereocenters. The van der Waals surface area contributed by atoms with Crippen LogP contribution < -0.4 is 10.5 Å². The third kappa shape index (κ3) is 4.01. The lowest BCUT2D eigenvalue weighted by Crippen LogP contribution is -2.35. The average molecular weight is 312 g/mol. The lowest BCUT2D eigenvalue weighted by Gasteiger charge is -2.22. The second kappa shape index (κ2) is 6.65. The fourth-order valence-corrected chi connectivity index (χ4v) is 4.20. The predicted molar refractivity (Wildman–Crippen MR) is 85.0 cm³/mol. The Morgan fingerprint density at radius 2 is 2.00 bits per heavy atom. The van der Waals surface area contributed by atoms with Gasteiger partial charge < -0.3 is 5.73 Å². The third-order valence-corrected chi connectivity index (χ3v) is 5.81. The van der Waals surface area contributed by atoms with Crippen LogP contribution in [-0.2, 0) is 16.6 Å². The molecule has 0 radical (unpaired) electrons. The summed E-state index contributed by atoms with van der Waals surface area (Å²) in [6.45, 7) is 0.287. The van der Waals surface area contributed by atoms with Crippen molar-refractivity contribution < 1.29 is 8.42 Å². The molecule has 20 heavy (non-hydrogen) atoms. The first-order valence-electron chi connectivity index (χ1n) is 6.86. The molecule has 6 heteroatoms. The van der Waals surface area contributed by atoms with Crippen molar-refractivity contribution in [3.8, 4) is 0 Å². The van der Waals surface area contributed by atoms with E-state index in [4.69, 9.17) is 18.0 Å². The minimum atomic E-state index is -3.23. The Morgan fingerprint density at radius 1 is 1.30 bits per heavy atom. The molecule has 0 bridgehead atoms. The maximum absolute atomic E-state index is 12.2. The van der Waals surface area contributed by atoms with E-state index in [1.54, 1.807) is 0 Å². The zero-order valence-electron chi connectivity index (χ0n) is 11.3. The van der Waals surface area contributed by atoms with Crippen LogP contribution in [0.4, 0.5) is 0 Å². The first-order valence-corrected chi connectivity index (χ1v) is 8.82. The van der Waals surface area contributed by atoms with E-state index in [0.29, 0.717) is 4.99 Å². The van der Waals surface area contributed by atoms with Crippen molar-refractivity contribution in [2.75, 3.05) is 0 Å². The summed E-state index contributed by atoms with van der Waals surface area (Å²) in [7, 11) is -3.23. The molecule has 0 unspecified atom stereocenters. The van der Waals surface area contributed by atoms with Crippen LogP contribution in [-0.4, -0.2) is 18.7 Å². The molecule has 1 aromatic rings. The Morgan fingerprint density at radius 3 is 2.65 bits per heavy atom. The van der Waals surface area contributed by atoms with Gasteiger partial charge in [-0.15, -0.1) is 0 Å². The highest BCUT2D eigenvalue weighted by Crippen LogP contribution is 2.23. The minimum absolute atomic E-state index is 0.241. The van der Waals surface area contributed by atoms with Gasteiger partial charge in [-0.1, -0.05) is 49.7 Å². The van der Waals surface area contributed by atoms with Crippen LogP contribution in [0.25, 0.3) is 0 Å². The molecule has 0 saturated heterocycles. The van der Waals surface area contributed by atoms with Crippen LogP contribution in [0.3, 0.4) is 0 Å². The van der Waals surface area contributed by atoms with Gasteiger partial charge in [0.2, 0.25) is 10.0 Å². The number of nitrogens with one attached hydrogen (secondary N) is 1. The van der Waals surface area contributed by atoms with E-state index in [1.807, 2.05) is 24.3 Å². The average Bonchev–Trinajstić information content (AvgIpc) is 2.46. The highest BCUT2D eigenvalue weighted by molar-refractivity contribution is 7.90. The molecule has 110 valence electrons. The summed E-state index contributed by atoms with van der Waals surface area (Å²) in [5, 5.41) is -0.241. The van der Waals surface area contributed by atoms with E-state index in [-0.39, 0.29) is 11.8 Å². The van der Waals surface area contributed by atoms with Crippen molar-refractivity contribution >= 4 is 27.2 Å². The first kappa shape index (κ1) is 15.4. The van der Waals surface area contributed by atoms with Crippen molar-refractivity contribution in [3.05, 3.63) is 35.4 Å². The summed E-state index contributed by atoms with van der Waals surface area (Å²) in [6.07, 6.45) is 4.68. The lowest BCUT2D eigenvalue weighted by molar-refractivity contribution is 0.477. The molecule has 3 N–H and O–H groups in total. The Balaban J connectivity index is 2.00. The van der Waals surface area contributed by atoms with E-state index < -0.39 is 10.0 Å². The zero-order chi connectivity index (χ0) is 14.6. The molecule has 1 aromatic carbocycles. The maximum atomic E-state index is 12.2. The van der Waals surface area contributed by atoms with E-state index in [0.717, 1.165) is 43.2 Å². The van der Waals surface area contributed by atoms with Crippen LogP contribution in [0, 0.1) is 0 Å². The van der Waals surface area contributed by atoms with Gasteiger partial charge in [-0.25, -0.2) is 13.1 Å². The minimum Gasteiger partial charge on any atom is -0.389 e. The van der Waals surface area contributed by atoms with Gasteiger partial charge in [0.25, 0.3) is 0 Å². The highest BCUT2D eigenvalue weighted by Gasteiger charge is 2.26. The summed E-state index contributed by atoms with van der Waals surface area (Å²) in [6, 6.07) is 7.34. The fraction of sp³-hybridized carbons (Fsp3) is 0.500. The topological polar surface area (TPSA) is 72.2 Å². The van der Waals surface area contributed by atoms with Crippen LogP contribution in [0.1, 0.15) is 43.2 Å². The van der Waals surface area contributed by atoms with Crippen LogP contribution >= 0.6 is 12.2 Å². The van der Waals surface area contributed by atoms with E-state index >= 15 is 0 Å². The van der Waals surface area contributed by atoms with Crippen molar-refractivity contribution in [1.29, 1.82) is 0 Å². The molecular weight excluding hydrogens is 292 g/mol. The van der Waals surface area contributed by atoms with Crippen LogP contribution in [0.5, 0.6) is 0 Å². The molecule has 0 spiro atoms. The zero-order valence-corrected chi connectivity index (χ0v) is 13.0. The monoisotopic (exact) mass is 312 g/mol. The number of thiocarbonyl (C=S) groups is 1. The van der Waals surface area contributed by atoms with Gasteiger partial charge in [-0.05, 0) is 24.5 Å². The quantitative estimate of drug-likeness (QED) is 0.817. The fourth-order valence-electron chi connectivity index (χ4n) is 2.51. The molecule has 1 saturated carbocycles. The molecule has 0 amide bonds. The second-order valence-corrected chi connectivity index (χ2v) is 7.68. The molecule has 0 heterocycles. The van der Waals surface area contributed by atoms with E-state index in [9.17, 15) is 8.42 Å².